The van der Waals surface area contributed by atoms with Crippen LogP contribution >= 0.6 is 0 Å². The summed E-state index contributed by atoms with van der Waals surface area (Å²) in [5.41, 5.74) is 1.79. The molecule has 1 saturated heterocycles. The van der Waals surface area contributed by atoms with Crippen LogP contribution < -0.4 is 9.47 Å². The molecule has 3 aromatic rings. The maximum Gasteiger partial charge on any atom is 0.246 e. The van der Waals surface area contributed by atoms with Gasteiger partial charge in [0.1, 0.15) is 22.1 Å². The number of ether oxygens (including phenoxy) is 2. The maximum atomic E-state index is 13.2. The molecule has 0 bridgehead atoms. The molecule has 8 nitrogen and oxygen atoms in total. The monoisotopic (exact) mass is 443 g/mol. The number of benzene rings is 2. The highest BCUT2D eigenvalue weighted by molar-refractivity contribution is 7.89. The highest BCUT2D eigenvalue weighted by Crippen LogP contribution is 2.31. The van der Waals surface area contributed by atoms with Gasteiger partial charge in [-0.2, -0.15) is 4.31 Å². The van der Waals surface area contributed by atoms with Gasteiger partial charge in [-0.15, -0.1) is 0 Å². The van der Waals surface area contributed by atoms with Gasteiger partial charge in [0.25, 0.3) is 0 Å². The highest BCUT2D eigenvalue weighted by atomic mass is 32.2. The van der Waals surface area contributed by atoms with Gasteiger partial charge in [0.15, 0.2) is 5.76 Å². The molecule has 0 saturated carbocycles. The molecular weight excluding hydrogens is 418 g/mol. The SMILES string of the molecule is COc1ccc(OC)c(S(=O)(=O)N2CCN(Cc3cc(-c4ccccc4)no3)CC2)c1. The van der Waals surface area contributed by atoms with Crippen LogP contribution in [0.25, 0.3) is 11.3 Å². The number of methoxy groups -OCH3 is 2. The fourth-order valence-electron chi connectivity index (χ4n) is 3.61. The summed E-state index contributed by atoms with van der Waals surface area (Å²) in [4.78, 5) is 2.27. The first-order valence-electron chi connectivity index (χ1n) is 9.97. The molecule has 0 spiro atoms. The smallest absolute Gasteiger partial charge is 0.246 e. The number of hydrogen-bond acceptors (Lipinski definition) is 7. The summed E-state index contributed by atoms with van der Waals surface area (Å²) in [6.07, 6.45) is 0. The van der Waals surface area contributed by atoms with Crippen molar-refractivity contribution in [2.75, 3.05) is 40.4 Å². The Morgan fingerprint density at radius 2 is 1.71 bits per heavy atom. The summed E-state index contributed by atoms with van der Waals surface area (Å²) in [7, 11) is -0.738. The summed E-state index contributed by atoms with van der Waals surface area (Å²) >= 11 is 0. The lowest BCUT2D eigenvalue weighted by molar-refractivity contribution is 0.166. The molecule has 31 heavy (non-hydrogen) atoms. The van der Waals surface area contributed by atoms with Crippen molar-refractivity contribution >= 4 is 10.0 Å². The van der Waals surface area contributed by atoms with Crippen LogP contribution in [-0.4, -0.2) is 63.2 Å². The fraction of sp³-hybridized carbons (Fsp3) is 0.318. The molecular formula is C22H25N3O5S. The van der Waals surface area contributed by atoms with Crippen molar-refractivity contribution in [1.82, 2.24) is 14.4 Å². The molecule has 0 aliphatic carbocycles. The Bertz CT molecular complexity index is 1120. The fourth-order valence-corrected chi connectivity index (χ4v) is 5.20. The van der Waals surface area contributed by atoms with Gasteiger partial charge in [-0.3, -0.25) is 4.90 Å². The number of aromatic nitrogens is 1. The first kappa shape index (κ1) is 21.4. The van der Waals surface area contributed by atoms with Gasteiger partial charge in [-0.25, -0.2) is 8.42 Å². The third-order valence-electron chi connectivity index (χ3n) is 5.33. The van der Waals surface area contributed by atoms with Crippen LogP contribution in [0.4, 0.5) is 0 Å². The minimum absolute atomic E-state index is 0.116. The predicted molar refractivity (Wildman–Crippen MR) is 116 cm³/mol. The normalized spacial score (nSPS) is 15.7. The molecule has 0 N–H and O–H groups in total. The molecule has 164 valence electrons. The van der Waals surface area contributed by atoms with Crippen molar-refractivity contribution in [3.8, 4) is 22.8 Å². The number of rotatable bonds is 7. The van der Waals surface area contributed by atoms with Gasteiger partial charge in [-0.05, 0) is 12.1 Å². The summed E-state index contributed by atoms with van der Waals surface area (Å²) in [5, 5.41) is 4.15. The average molecular weight is 444 g/mol. The molecule has 9 heteroatoms. The van der Waals surface area contributed by atoms with Crippen molar-refractivity contribution in [3.63, 3.8) is 0 Å². The van der Waals surface area contributed by atoms with E-state index >= 15 is 0 Å². The molecule has 1 fully saturated rings. The maximum absolute atomic E-state index is 13.2. The number of nitrogens with zero attached hydrogens (tertiary/aromatic N) is 3. The standard InChI is InChI=1S/C22H25N3O5S/c1-28-18-8-9-21(29-2)22(15-18)31(26,27)25-12-10-24(11-13-25)16-19-14-20(23-30-19)17-6-4-3-5-7-17/h3-9,14-15H,10-13,16H2,1-2H3. The minimum atomic E-state index is -3.70. The third-order valence-corrected chi connectivity index (χ3v) is 7.25. The molecule has 2 heterocycles. The second-order valence-corrected chi connectivity index (χ2v) is 9.15. The molecule has 4 rings (SSSR count). The number of hydrogen-bond donors (Lipinski definition) is 0. The van der Waals surface area contributed by atoms with E-state index < -0.39 is 10.0 Å². The van der Waals surface area contributed by atoms with Crippen molar-refractivity contribution in [1.29, 1.82) is 0 Å². The lowest BCUT2D eigenvalue weighted by atomic mass is 10.1. The van der Waals surface area contributed by atoms with Crippen LogP contribution in [0.1, 0.15) is 5.76 Å². The molecule has 1 aliphatic heterocycles. The summed E-state index contributed by atoms with van der Waals surface area (Å²) in [6, 6.07) is 16.6. The van der Waals surface area contributed by atoms with E-state index in [9.17, 15) is 8.42 Å². The summed E-state index contributed by atoms with van der Waals surface area (Å²) in [6.45, 7) is 2.51. The minimum Gasteiger partial charge on any atom is -0.497 e. The lowest BCUT2D eigenvalue weighted by Crippen LogP contribution is -2.48. The number of piperazine rings is 1. The van der Waals surface area contributed by atoms with Crippen LogP contribution in [0.3, 0.4) is 0 Å². The second-order valence-electron chi connectivity index (χ2n) is 7.24. The predicted octanol–water partition coefficient (Wildman–Crippen LogP) is 2.87. The first-order chi connectivity index (χ1) is 15.0. The Kier molecular flexibility index (Phi) is 6.26. The van der Waals surface area contributed by atoms with E-state index in [0.29, 0.717) is 44.2 Å². The van der Waals surface area contributed by atoms with E-state index in [1.165, 1.54) is 24.6 Å². The van der Waals surface area contributed by atoms with Gasteiger partial charge >= 0.3 is 0 Å². The Labute approximate surface area is 182 Å². The lowest BCUT2D eigenvalue weighted by Gasteiger charge is -2.33. The average Bonchev–Trinajstić information content (AvgIpc) is 3.28. The zero-order chi connectivity index (χ0) is 21.8. The molecule has 0 atom stereocenters. The van der Waals surface area contributed by atoms with E-state index in [1.807, 2.05) is 36.4 Å². The van der Waals surface area contributed by atoms with E-state index in [1.54, 1.807) is 12.1 Å². The summed E-state index contributed by atoms with van der Waals surface area (Å²) in [5.74, 6) is 1.53. The quantitative estimate of drug-likeness (QED) is 0.555. The Balaban J connectivity index is 1.41. The van der Waals surface area contributed by atoms with Gasteiger partial charge in [0.05, 0.1) is 20.8 Å². The highest BCUT2D eigenvalue weighted by Gasteiger charge is 2.31. The first-order valence-corrected chi connectivity index (χ1v) is 11.4. The van der Waals surface area contributed by atoms with Crippen LogP contribution in [0, 0.1) is 0 Å². The van der Waals surface area contributed by atoms with Crippen molar-refractivity contribution in [3.05, 3.63) is 60.4 Å². The Hall–Kier alpha value is -2.88. The van der Waals surface area contributed by atoms with Gasteiger partial charge in [-0.1, -0.05) is 35.5 Å². The van der Waals surface area contributed by atoms with Gasteiger partial charge < -0.3 is 14.0 Å². The molecule has 2 aromatic carbocycles. The summed E-state index contributed by atoms with van der Waals surface area (Å²) < 4.78 is 43.8. The van der Waals surface area contributed by atoms with Crippen molar-refractivity contribution in [2.24, 2.45) is 0 Å². The molecule has 0 unspecified atom stereocenters. The third kappa shape index (κ3) is 4.58. The molecule has 0 radical (unpaired) electrons. The van der Waals surface area contributed by atoms with Crippen LogP contribution in [0.5, 0.6) is 11.5 Å². The zero-order valence-corrected chi connectivity index (χ0v) is 18.3. The Morgan fingerprint density at radius 3 is 2.39 bits per heavy atom. The number of sulfonamides is 1. The molecule has 0 amide bonds. The largest absolute Gasteiger partial charge is 0.497 e. The van der Waals surface area contributed by atoms with E-state index in [-0.39, 0.29) is 4.90 Å². The molecule has 1 aromatic heterocycles. The molecule has 1 aliphatic rings. The van der Waals surface area contributed by atoms with Crippen LogP contribution in [0.2, 0.25) is 0 Å². The van der Waals surface area contributed by atoms with Gasteiger partial charge in [0, 0.05) is 43.9 Å². The topological polar surface area (TPSA) is 85.1 Å². The van der Waals surface area contributed by atoms with Gasteiger partial charge in [0.2, 0.25) is 10.0 Å². The van der Waals surface area contributed by atoms with Crippen LogP contribution in [-0.2, 0) is 16.6 Å². The van der Waals surface area contributed by atoms with E-state index in [2.05, 4.69) is 10.1 Å². The van der Waals surface area contributed by atoms with Crippen LogP contribution in [0.15, 0.2) is 64.0 Å². The second kappa shape index (κ2) is 9.09. The Morgan fingerprint density at radius 1 is 0.968 bits per heavy atom. The van der Waals surface area contributed by atoms with Crippen molar-refractivity contribution < 1.29 is 22.4 Å². The van der Waals surface area contributed by atoms with E-state index in [4.69, 9.17) is 14.0 Å². The van der Waals surface area contributed by atoms with E-state index in [0.717, 1.165) is 17.0 Å². The zero-order valence-electron chi connectivity index (χ0n) is 17.5. The van der Waals surface area contributed by atoms with Crippen molar-refractivity contribution in [2.45, 2.75) is 11.4 Å².